The summed E-state index contributed by atoms with van der Waals surface area (Å²) in [5, 5.41) is 1.14. The number of hydrogen-bond donors (Lipinski definition) is 1. The summed E-state index contributed by atoms with van der Waals surface area (Å²) in [6.45, 7) is 2.04. The highest BCUT2D eigenvalue weighted by molar-refractivity contribution is 6.35. The lowest BCUT2D eigenvalue weighted by molar-refractivity contribution is 0.630. The maximum Gasteiger partial charge on any atom is 0.143 e. The van der Waals surface area contributed by atoms with E-state index in [9.17, 15) is 4.39 Å². The summed E-state index contributed by atoms with van der Waals surface area (Å²) in [6, 6.07) is 5.10. The third kappa shape index (κ3) is 1.31. The molecule has 2 aromatic rings. The predicted octanol–water partition coefficient (Wildman–Crippen LogP) is 3.52. The van der Waals surface area contributed by atoms with Crippen LogP contribution in [-0.2, 0) is 6.42 Å². The molecule has 0 fully saturated rings. The van der Waals surface area contributed by atoms with Gasteiger partial charge in [-0.15, -0.1) is 0 Å². The van der Waals surface area contributed by atoms with Gasteiger partial charge in [-0.2, -0.15) is 0 Å². The Bertz CT molecular complexity index is 447. The SMILES string of the molecule is CCc1cc2ccc(F)c(Cl)c2[nH]1. The summed E-state index contributed by atoms with van der Waals surface area (Å²) in [5.41, 5.74) is 1.76. The van der Waals surface area contributed by atoms with Crippen molar-refractivity contribution < 1.29 is 4.39 Å². The number of rotatable bonds is 1. The van der Waals surface area contributed by atoms with E-state index >= 15 is 0 Å². The Labute approximate surface area is 80.5 Å². The van der Waals surface area contributed by atoms with Gasteiger partial charge in [0.2, 0.25) is 0 Å². The van der Waals surface area contributed by atoms with E-state index in [0.717, 1.165) is 17.5 Å². The molecule has 1 aromatic heterocycles. The van der Waals surface area contributed by atoms with E-state index in [0.29, 0.717) is 5.52 Å². The average molecular weight is 198 g/mol. The van der Waals surface area contributed by atoms with E-state index in [-0.39, 0.29) is 10.8 Å². The molecule has 68 valence electrons. The minimum atomic E-state index is -0.376. The van der Waals surface area contributed by atoms with Crippen LogP contribution in [0.5, 0.6) is 0 Å². The lowest BCUT2D eigenvalue weighted by Gasteiger charge is -1.94. The van der Waals surface area contributed by atoms with Crippen molar-refractivity contribution in [1.82, 2.24) is 4.98 Å². The topological polar surface area (TPSA) is 15.8 Å². The first-order valence-electron chi connectivity index (χ1n) is 4.18. The predicted molar refractivity (Wildman–Crippen MR) is 52.6 cm³/mol. The van der Waals surface area contributed by atoms with Crippen LogP contribution in [0.4, 0.5) is 4.39 Å². The largest absolute Gasteiger partial charge is 0.357 e. The van der Waals surface area contributed by atoms with Gasteiger partial charge < -0.3 is 4.98 Å². The lowest BCUT2D eigenvalue weighted by atomic mass is 10.2. The Morgan fingerprint density at radius 2 is 2.23 bits per heavy atom. The third-order valence-electron chi connectivity index (χ3n) is 2.12. The number of aromatic nitrogens is 1. The van der Waals surface area contributed by atoms with Gasteiger partial charge in [0.25, 0.3) is 0 Å². The van der Waals surface area contributed by atoms with Crippen LogP contribution in [0.1, 0.15) is 12.6 Å². The van der Waals surface area contributed by atoms with Crippen molar-refractivity contribution in [1.29, 1.82) is 0 Å². The van der Waals surface area contributed by atoms with Gasteiger partial charge in [-0.3, -0.25) is 0 Å². The smallest absolute Gasteiger partial charge is 0.143 e. The standard InChI is InChI=1S/C10H9ClFN/c1-2-7-5-6-3-4-8(12)9(11)10(6)13-7/h3-5,13H,2H2,1H3. The summed E-state index contributed by atoms with van der Waals surface area (Å²) in [6.07, 6.45) is 0.895. The summed E-state index contributed by atoms with van der Waals surface area (Å²) < 4.78 is 13.0. The molecule has 0 amide bonds. The van der Waals surface area contributed by atoms with E-state index < -0.39 is 0 Å². The molecule has 2 rings (SSSR count). The molecule has 0 saturated carbocycles. The Kier molecular flexibility index (Phi) is 2.00. The number of H-pyrrole nitrogens is 1. The molecule has 3 heteroatoms. The number of hydrogen-bond acceptors (Lipinski definition) is 0. The van der Waals surface area contributed by atoms with Gasteiger partial charge in [0.15, 0.2) is 0 Å². The van der Waals surface area contributed by atoms with E-state index in [4.69, 9.17) is 11.6 Å². The zero-order valence-electron chi connectivity index (χ0n) is 7.20. The van der Waals surface area contributed by atoms with Gasteiger partial charge in [-0.1, -0.05) is 18.5 Å². The Morgan fingerprint density at radius 3 is 2.92 bits per heavy atom. The minimum Gasteiger partial charge on any atom is -0.357 e. The van der Waals surface area contributed by atoms with Gasteiger partial charge in [-0.25, -0.2) is 4.39 Å². The van der Waals surface area contributed by atoms with Crippen LogP contribution < -0.4 is 0 Å². The molecule has 0 bridgehead atoms. The summed E-state index contributed by atoms with van der Waals surface area (Å²) in [7, 11) is 0. The van der Waals surface area contributed by atoms with E-state index in [2.05, 4.69) is 4.98 Å². The van der Waals surface area contributed by atoms with Gasteiger partial charge in [0, 0.05) is 11.1 Å². The van der Waals surface area contributed by atoms with Crippen LogP contribution in [0.2, 0.25) is 5.02 Å². The molecule has 0 spiro atoms. The first kappa shape index (κ1) is 8.57. The Morgan fingerprint density at radius 1 is 1.46 bits per heavy atom. The number of halogens is 2. The first-order valence-corrected chi connectivity index (χ1v) is 4.55. The fourth-order valence-corrected chi connectivity index (χ4v) is 1.61. The maximum absolute atomic E-state index is 13.0. The molecule has 1 N–H and O–H groups in total. The molecule has 1 nitrogen and oxygen atoms in total. The van der Waals surface area contributed by atoms with Crippen LogP contribution >= 0.6 is 11.6 Å². The Hall–Kier alpha value is -1.02. The second kappa shape index (κ2) is 3.04. The van der Waals surface area contributed by atoms with Crippen molar-refractivity contribution in [2.75, 3.05) is 0 Å². The molecule has 0 atom stereocenters. The quantitative estimate of drug-likeness (QED) is 0.720. The number of aryl methyl sites for hydroxylation is 1. The maximum atomic E-state index is 13.0. The van der Waals surface area contributed by atoms with Crippen molar-refractivity contribution >= 4 is 22.5 Å². The van der Waals surface area contributed by atoms with E-state index in [1.54, 1.807) is 6.07 Å². The highest BCUT2D eigenvalue weighted by Crippen LogP contribution is 2.26. The van der Waals surface area contributed by atoms with Gasteiger partial charge >= 0.3 is 0 Å². The highest BCUT2D eigenvalue weighted by Gasteiger charge is 2.07. The molecule has 0 saturated heterocycles. The number of aromatic amines is 1. The molecule has 0 aliphatic carbocycles. The zero-order valence-corrected chi connectivity index (χ0v) is 7.95. The fraction of sp³-hybridized carbons (Fsp3) is 0.200. The lowest BCUT2D eigenvalue weighted by Crippen LogP contribution is -1.79. The van der Waals surface area contributed by atoms with Crippen molar-refractivity contribution in [3.05, 3.63) is 34.7 Å². The highest BCUT2D eigenvalue weighted by atomic mass is 35.5. The molecular formula is C10H9ClFN. The van der Waals surface area contributed by atoms with Crippen molar-refractivity contribution in [2.45, 2.75) is 13.3 Å². The molecule has 0 unspecified atom stereocenters. The molecule has 13 heavy (non-hydrogen) atoms. The van der Waals surface area contributed by atoms with Gasteiger partial charge in [0.05, 0.1) is 5.52 Å². The fourth-order valence-electron chi connectivity index (χ4n) is 1.39. The first-order chi connectivity index (χ1) is 6.22. The van der Waals surface area contributed by atoms with Crippen LogP contribution in [0.3, 0.4) is 0 Å². The normalized spacial score (nSPS) is 11.0. The molecular weight excluding hydrogens is 189 g/mol. The van der Waals surface area contributed by atoms with Crippen molar-refractivity contribution in [2.24, 2.45) is 0 Å². The number of benzene rings is 1. The average Bonchev–Trinajstić information content (AvgIpc) is 2.55. The van der Waals surface area contributed by atoms with Crippen LogP contribution in [-0.4, -0.2) is 4.98 Å². The summed E-state index contributed by atoms with van der Waals surface area (Å²) in [5.74, 6) is -0.376. The molecule has 0 aliphatic heterocycles. The van der Waals surface area contributed by atoms with Crippen molar-refractivity contribution in [3.8, 4) is 0 Å². The van der Waals surface area contributed by atoms with Gasteiger partial charge in [0.1, 0.15) is 10.8 Å². The summed E-state index contributed by atoms with van der Waals surface area (Å²) >= 11 is 5.79. The Balaban J connectivity index is 2.76. The third-order valence-corrected chi connectivity index (χ3v) is 2.49. The van der Waals surface area contributed by atoms with Crippen LogP contribution in [0.25, 0.3) is 10.9 Å². The van der Waals surface area contributed by atoms with E-state index in [1.165, 1.54) is 6.07 Å². The van der Waals surface area contributed by atoms with E-state index in [1.807, 2.05) is 13.0 Å². The second-order valence-electron chi connectivity index (χ2n) is 2.97. The van der Waals surface area contributed by atoms with Crippen molar-refractivity contribution in [3.63, 3.8) is 0 Å². The molecule has 0 aliphatic rings. The van der Waals surface area contributed by atoms with Crippen LogP contribution in [0, 0.1) is 5.82 Å². The summed E-state index contributed by atoms with van der Waals surface area (Å²) in [4.78, 5) is 3.08. The molecule has 1 heterocycles. The minimum absolute atomic E-state index is 0.178. The molecule has 0 radical (unpaired) electrons. The number of fused-ring (bicyclic) bond motifs is 1. The molecule has 1 aromatic carbocycles. The number of nitrogens with one attached hydrogen (secondary N) is 1. The second-order valence-corrected chi connectivity index (χ2v) is 3.35. The van der Waals surface area contributed by atoms with Crippen LogP contribution in [0.15, 0.2) is 18.2 Å². The van der Waals surface area contributed by atoms with Gasteiger partial charge in [-0.05, 0) is 24.6 Å². The zero-order chi connectivity index (χ0) is 9.42. The monoisotopic (exact) mass is 197 g/mol.